The normalized spacial score (nSPS) is 12.6. The molecule has 2 nitrogen and oxygen atoms in total. The lowest BCUT2D eigenvalue weighted by Gasteiger charge is -2.26. The minimum Gasteiger partial charge on any atom is -0.256 e. The summed E-state index contributed by atoms with van der Waals surface area (Å²) in [6.45, 7) is 11.3. The van der Waals surface area contributed by atoms with Crippen molar-refractivity contribution in [1.29, 1.82) is 0 Å². The average Bonchev–Trinajstić information content (AvgIpc) is 2.66. The van der Waals surface area contributed by atoms with Crippen LogP contribution < -0.4 is 0 Å². The summed E-state index contributed by atoms with van der Waals surface area (Å²) < 4.78 is 0. The molecule has 0 atom stereocenters. The van der Waals surface area contributed by atoms with Gasteiger partial charge in [-0.1, -0.05) is 58.9 Å². The zero-order valence-electron chi connectivity index (χ0n) is 17.5. The highest BCUT2D eigenvalue weighted by molar-refractivity contribution is 5.80. The van der Waals surface area contributed by atoms with Crippen LogP contribution in [0.3, 0.4) is 0 Å². The molecule has 0 unspecified atom stereocenters. The van der Waals surface area contributed by atoms with Crippen LogP contribution in [0, 0.1) is 0 Å². The maximum Gasteiger partial charge on any atom is 0.0705 e. The molecule has 0 saturated heterocycles. The van der Waals surface area contributed by atoms with Crippen LogP contribution >= 0.6 is 0 Å². The Bertz CT molecular complexity index is 1150. The molecule has 2 heterocycles. The van der Waals surface area contributed by atoms with Crippen molar-refractivity contribution in [1.82, 2.24) is 9.97 Å². The highest BCUT2D eigenvalue weighted by atomic mass is 14.7. The Hall–Kier alpha value is -2.74. The van der Waals surface area contributed by atoms with Crippen LogP contribution in [0.2, 0.25) is 0 Å². The van der Waals surface area contributed by atoms with Gasteiger partial charge in [-0.05, 0) is 64.3 Å². The van der Waals surface area contributed by atoms with Gasteiger partial charge in [0.05, 0.1) is 11.0 Å². The van der Waals surface area contributed by atoms with Crippen molar-refractivity contribution >= 4 is 21.8 Å². The third-order valence-corrected chi connectivity index (χ3v) is 5.64. The predicted octanol–water partition coefficient (Wildman–Crippen LogP) is 6.60. The number of benzene rings is 2. The van der Waals surface area contributed by atoms with Crippen LogP contribution in [-0.2, 0) is 17.3 Å². The summed E-state index contributed by atoms with van der Waals surface area (Å²) in [6.07, 6.45) is 4.83. The van der Waals surface area contributed by atoms with E-state index in [2.05, 4.69) is 88.1 Å². The molecule has 0 fully saturated rings. The van der Waals surface area contributed by atoms with E-state index < -0.39 is 0 Å². The van der Waals surface area contributed by atoms with E-state index in [1.165, 1.54) is 27.5 Å². The summed E-state index contributed by atoms with van der Waals surface area (Å²) in [5.74, 6) is 0. The van der Waals surface area contributed by atoms with Gasteiger partial charge in [-0.25, -0.2) is 0 Å². The van der Waals surface area contributed by atoms with Crippen LogP contribution in [0.15, 0.2) is 67.0 Å². The number of rotatable bonds is 3. The fourth-order valence-corrected chi connectivity index (χ4v) is 3.84. The molecular formula is C26H28N2. The van der Waals surface area contributed by atoms with Crippen LogP contribution in [0.4, 0.5) is 0 Å². The summed E-state index contributed by atoms with van der Waals surface area (Å²) in [4.78, 5) is 9.21. The largest absolute Gasteiger partial charge is 0.256 e. The third kappa shape index (κ3) is 3.64. The summed E-state index contributed by atoms with van der Waals surface area (Å²) in [5.41, 5.74) is 6.20. The van der Waals surface area contributed by atoms with Crippen molar-refractivity contribution < 1.29 is 0 Å². The number of aromatic nitrogens is 2. The first kappa shape index (κ1) is 18.6. The smallest absolute Gasteiger partial charge is 0.0705 e. The molecule has 0 radical (unpaired) electrons. The quantitative estimate of drug-likeness (QED) is 0.407. The minimum absolute atomic E-state index is 0.0186. The standard InChI is InChI=1S/C26H28N2/c1-25(2,3)21-9-8-20-13-18(17-28-24(20)15-21)16-26(4,5)22-10-11-23-19(14-22)7-6-12-27-23/h6-15,17H,16H2,1-5H3. The number of fused-ring (bicyclic) bond motifs is 2. The lowest BCUT2D eigenvalue weighted by molar-refractivity contribution is 0.522. The summed E-state index contributed by atoms with van der Waals surface area (Å²) in [6, 6.07) is 19.7. The summed E-state index contributed by atoms with van der Waals surface area (Å²) >= 11 is 0. The molecule has 0 aliphatic carbocycles. The second-order valence-corrected chi connectivity index (χ2v) is 9.47. The van der Waals surface area contributed by atoms with E-state index >= 15 is 0 Å². The first-order valence-corrected chi connectivity index (χ1v) is 9.97. The van der Waals surface area contributed by atoms with Crippen LogP contribution in [0.5, 0.6) is 0 Å². The van der Waals surface area contributed by atoms with Crippen molar-refractivity contribution in [3.8, 4) is 0 Å². The van der Waals surface area contributed by atoms with Gasteiger partial charge in [-0.15, -0.1) is 0 Å². The Morgan fingerprint density at radius 1 is 0.714 bits per heavy atom. The Morgan fingerprint density at radius 2 is 1.46 bits per heavy atom. The fraction of sp³-hybridized carbons (Fsp3) is 0.308. The molecule has 0 aliphatic heterocycles. The van der Waals surface area contributed by atoms with Gasteiger partial charge in [0.15, 0.2) is 0 Å². The van der Waals surface area contributed by atoms with E-state index in [-0.39, 0.29) is 10.8 Å². The molecule has 2 aromatic carbocycles. The van der Waals surface area contributed by atoms with Gasteiger partial charge in [0, 0.05) is 23.2 Å². The molecule has 0 aliphatic rings. The predicted molar refractivity (Wildman–Crippen MR) is 119 cm³/mol. The van der Waals surface area contributed by atoms with E-state index in [1.54, 1.807) is 0 Å². The average molecular weight is 369 g/mol. The van der Waals surface area contributed by atoms with Crippen molar-refractivity contribution in [2.24, 2.45) is 0 Å². The SMILES string of the molecule is CC(C)(C)c1ccc2cc(CC(C)(C)c3ccc4ncccc4c3)cnc2c1. The molecule has 0 saturated carbocycles. The number of nitrogens with zero attached hydrogens (tertiary/aromatic N) is 2. The number of pyridine rings is 2. The Labute approximate surface area is 167 Å². The zero-order valence-corrected chi connectivity index (χ0v) is 17.5. The van der Waals surface area contributed by atoms with Gasteiger partial charge < -0.3 is 0 Å². The Balaban J connectivity index is 1.65. The minimum atomic E-state index is 0.0186. The second kappa shape index (κ2) is 6.70. The van der Waals surface area contributed by atoms with Crippen molar-refractivity contribution in [2.45, 2.75) is 51.9 Å². The van der Waals surface area contributed by atoms with E-state index in [4.69, 9.17) is 4.98 Å². The van der Waals surface area contributed by atoms with Gasteiger partial charge in [0.2, 0.25) is 0 Å². The molecule has 4 rings (SSSR count). The van der Waals surface area contributed by atoms with Crippen molar-refractivity contribution in [3.05, 3.63) is 83.7 Å². The van der Waals surface area contributed by atoms with Gasteiger partial charge in [0.1, 0.15) is 0 Å². The third-order valence-electron chi connectivity index (χ3n) is 5.64. The van der Waals surface area contributed by atoms with E-state index in [9.17, 15) is 0 Å². The Kier molecular flexibility index (Phi) is 4.45. The zero-order chi connectivity index (χ0) is 19.9. The van der Waals surface area contributed by atoms with E-state index in [1.807, 2.05) is 18.5 Å². The molecule has 0 amide bonds. The highest BCUT2D eigenvalue weighted by Crippen LogP contribution is 2.31. The summed E-state index contributed by atoms with van der Waals surface area (Å²) in [7, 11) is 0. The molecule has 142 valence electrons. The van der Waals surface area contributed by atoms with Crippen LogP contribution in [0.25, 0.3) is 21.8 Å². The van der Waals surface area contributed by atoms with Gasteiger partial charge in [0.25, 0.3) is 0 Å². The maximum absolute atomic E-state index is 4.77. The lowest BCUT2D eigenvalue weighted by Crippen LogP contribution is -2.20. The number of hydrogen-bond acceptors (Lipinski definition) is 2. The number of hydrogen-bond donors (Lipinski definition) is 0. The molecule has 4 aromatic rings. The van der Waals surface area contributed by atoms with Gasteiger partial charge >= 0.3 is 0 Å². The van der Waals surface area contributed by atoms with Crippen LogP contribution in [0.1, 0.15) is 51.3 Å². The lowest BCUT2D eigenvalue weighted by atomic mass is 9.79. The Morgan fingerprint density at radius 3 is 2.25 bits per heavy atom. The van der Waals surface area contributed by atoms with E-state index in [0.717, 1.165) is 17.5 Å². The molecular weight excluding hydrogens is 340 g/mol. The molecule has 0 N–H and O–H groups in total. The molecule has 0 bridgehead atoms. The first-order valence-electron chi connectivity index (χ1n) is 9.97. The van der Waals surface area contributed by atoms with Gasteiger partial charge in [-0.3, -0.25) is 9.97 Å². The van der Waals surface area contributed by atoms with Crippen LogP contribution in [-0.4, -0.2) is 9.97 Å². The van der Waals surface area contributed by atoms with Crippen molar-refractivity contribution in [2.75, 3.05) is 0 Å². The monoisotopic (exact) mass is 368 g/mol. The van der Waals surface area contributed by atoms with Gasteiger partial charge in [-0.2, -0.15) is 0 Å². The molecule has 28 heavy (non-hydrogen) atoms. The van der Waals surface area contributed by atoms with Crippen molar-refractivity contribution in [3.63, 3.8) is 0 Å². The topological polar surface area (TPSA) is 25.8 Å². The summed E-state index contributed by atoms with van der Waals surface area (Å²) in [5, 5.41) is 2.41. The second-order valence-electron chi connectivity index (χ2n) is 9.47. The molecule has 2 aromatic heterocycles. The van der Waals surface area contributed by atoms with E-state index in [0.29, 0.717) is 0 Å². The highest BCUT2D eigenvalue weighted by Gasteiger charge is 2.22. The molecule has 0 spiro atoms. The molecule has 2 heteroatoms. The fourth-order valence-electron chi connectivity index (χ4n) is 3.84. The maximum atomic E-state index is 4.77. The first-order chi connectivity index (χ1) is 13.2.